The zero-order chi connectivity index (χ0) is 22.8. The predicted octanol–water partition coefficient (Wildman–Crippen LogP) is 5.45. The van der Waals surface area contributed by atoms with Crippen molar-refractivity contribution in [2.45, 2.75) is 6.54 Å². The van der Waals surface area contributed by atoms with Crippen molar-refractivity contribution in [3.05, 3.63) is 114 Å². The molecule has 0 aliphatic heterocycles. The van der Waals surface area contributed by atoms with E-state index in [4.69, 9.17) is 0 Å². The number of rotatable bonds is 5. The van der Waals surface area contributed by atoms with Crippen molar-refractivity contribution in [2.75, 3.05) is 0 Å². The fourth-order valence-electron chi connectivity index (χ4n) is 4.03. The van der Waals surface area contributed by atoms with Crippen molar-refractivity contribution in [3.8, 4) is 5.75 Å². The molecule has 0 fully saturated rings. The molecule has 1 aromatic heterocycles. The van der Waals surface area contributed by atoms with E-state index < -0.39 is 5.91 Å². The maximum atomic E-state index is 14.2. The normalized spacial score (nSPS) is 11.4. The van der Waals surface area contributed by atoms with Crippen LogP contribution in [-0.4, -0.2) is 21.8 Å². The van der Waals surface area contributed by atoms with Gasteiger partial charge in [-0.3, -0.25) is 4.79 Å². The van der Waals surface area contributed by atoms with Crippen LogP contribution in [0.3, 0.4) is 0 Å². The van der Waals surface area contributed by atoms with E-state index in [-0.39, 0.29) is 17.1 Å². The molecule has 33 heavy (non-hydrogen) atoms. The number of para-hydroxylation sites is 1. The zero-order valence-corrected chi connectivity index (χ0v) is 17.6. The minimum Gasteiger partial charge on any atom is -0.507 e. The topological polar surface area (TPSA) is 66.6 Å². The number of aromatic hydroxyl groups is 1. The highest BCUT2D eigenvalue weighted by Gasteiger charge is 2.15. The molecule has 0 aliphatic rings. The number of aromatic nitrogens is 1. The number of benzene rings is 4. The van der Waals surface area contributed by atoms with Crippen molar-refractivity contribution in [1.82, 2.24) is 9.99 Å². The third-order valence-electron chi connectivity index (χ3n) is 5.62. The second-order valence-corrected chi connectivity index (χ2v) is 7.70. The van der Waals surface area contributed by atoms with Crippen LogP contribution < -0.4 is 5.43 Å². The number of fused-ring (bicyclic) bond motifs is 2. The van der Waals surface area contributed by atoms with Gasteiger partial charge in [-0.25, -0.2) is 9.82 Å². The van der Waals surface area contributed by atoms with Crippen molar-refractivity contribution >= 4 is 33.8 Å². The van der Waals surface area contributed by atoms with Crippen molar-refractivity contribution in [1.29, 1.82) is 0 Å². The van der Waals surface area contributed by atoms with E-state index in [1.165, 1.54) is 12.1 Å². The molecule has 1 heterocycles. The third-order valence-corrected chi connectivity index (χ3v) is 5.62. The molecule has 0 radical (unpaired) electrons. The Kier molecular flexibility index (Phi) is 5.32. The molecular formula is C27H20FN3O2. The molecule has 2 N–H and O–H groups in total. The number of hydrogen-bond acceptors (Lipinski definition) is 3. The van der Waals surface area contributed by atoms with Gasteiger partial charge in [-0.05, 0) is 29.0 Å². The molecule has 0 spiro atoms. The first kappa shape index (κ1) is 20.5. The Hall–Kier alpha value is -4.45. The first-order valence-electron chi connectivity index (χ1n) is 10.5. The van der Waals surface area contributed by atoms with Crippen LogP contribution in [0.15, 0.2) is 96.2 Å². The lowest BCUT2D eigenvalue weighted by Gasteiger charge is -2.07. The fourth-order valence-corrected chi connectivity index (χ4v) is 4.03. The molecular weight excluding hydrogens is 417 g/mol. The number of phenolic OH excluding ortho intramolecular Hbond substituents is 1. The Labute approximate surface area is 189 Å². The summed E-state index contributed by atoms with van der Waals surface area (Å²) in [5.41, 5.74) is 4.99. The van der Waals surface area contributed by atoms with Crippen LogP contribution in [0, 0.1) is 5.82 Å². The van der Waals surface area contributed by atoms with Crippen LogP contribution in [-0.2, 0) is 6.54 Å². The summed E-state index contributed by atoms with van der Waals surface area (Å²) in [6.07, 6.45) is 3.43. The Morgan fingerprint density at radius 3 is 2.52 bits per heavy atom. The third kappa shape index (κ3) is 3.94. The second kappa shape index (κ2) is 8.59. The summed E-state index contributed by atoms with van der Waals surface area (Å²) < 4.78 is 16.1. The van der Waals surface area contributed by atoms with Crippen molar-refractivity contribution in [3.63, 3.8) is 0 Å². The number of hydrogen-bond donors (Lipinski definition) is 2. The Bertz CT molecular complexity index is 1520. The van der Waals surface area contributed by atoms with E-state index in [1.54, 1.807) is 30.5 Å². The smallest absolute Gasteiger partial charge is 0.275 e. The lowest BCUT2D eigenvalue weighted by molar-refractivity contribution is 0.0954. The molecule has 0 saturated carbocycles. The molecule has 162 valence electrons. The number of carbonyl (C=O) groups is 1. The minimum atomic E-state index is -0.504. The molecule has 0 atom stereocenters. The molecule has 4 aromatic carbocycles. The molecule has 1 amide bonds. The highest BCUT2D eigenvalue weighted by molar-refractivity contribution is 6.09. The monoisotopic (exact) mass is 437 g/mol. The Morgan fingerprint density at radius 1 is 0.939 bits per heavy atom. The molecule has 6 heteroatoms. The molecule has 5 nitrogen and oxygen atoms in total. The lowest BCUT2D eigenvalue weighted by Crippen LogP contribution is -2.18. The van der Waals surface area contributed by atoms with Crippen molar-refractivity contribution in [2.24, 2.45) is 5.10 Å². The largest absolute Gasteiger partial charge is 0.507 e. The van der Waals surface area contributed by atoms with E-state index in [2.05, 4.69) is 10.5 Å². The number of phenols is 1. The first-order chi connectivity index (χ1) is 16.1. The fraction of sp³-hybridized carbons (Fsp3) is 0.0370. The summed E-state index contributed by atoms with van der Waals surface area (Å²) in [5, 5.41) is 16.8. The molecule has 0 aliphatic carbocycles. The summed E-state index contributed by atoms with van der Waals surface area (Å²) in [6, 6.07) is 25.0. The first-order valence-corrected chi connectivity index (χ1v) is 10.5. The number of nitrogens with zero attached hydrogens (tertiary/aromatic N) is 2. The van der Waals surface area contributed by atoms with E-state index in [0.717, 1.165) is 21.9 Å². The minimum absolute atomic E-state index is 0.108. The highest BCUT2D eigenvalue weighted by Crippen LogP contribution is 2.27. The number of nitrogens with one attached hydrogen (secondary N) is 1. The van der Waals surface area contributed by atoms with Crippen LogP contribution in [0.5, 0.6) is 5.75 Å². The van der Waals surface area contributed by atoms with Gasteiger partial charge < -0.3 is 9.67 Å². The summed E-state index contributed by atoms with van der Waals surface area (Å²) in [4.78, 5) is 12.8. The zero-order valence-electron chi connectivity index (χ0n) is 17.6. The molecule has 0 saturated heterocycles. The number of carbonyl (C=O) groups excluding carboxylic acids is 1. The van der Waals surface area contributed by atoms with Crippen molar-refractivity contribution < 1.29 is 14.3 Å². The van der Waals surface area contributed by atoms with Gasteiger partial charge in [0.15, 0.2) is 0 Å². The van der Waals surface area contributed by atoms with Gasteiger partial charge in [0.1, 0.15) is 11.6 Å². The predicted molar refractivity (Wildman–Crippen MR) is 128 cm³/mol. The van der Waals surface area contributed by atoms with Crippen LogP contribution in [0.4, 0.5) is 4.39 Å². The Balaban J connectivity index is 1.43. The summed E-state index contributed by atoms with van der Waals surface area (Å²) >= 11 is 0. The summed E-state index contributed by atoms with van der Waals surface area (Å²) in [6.45, 7) is 0.372. The van der Waals surface area contributed by atoms with Gasteiger partial charge in [0.2, 0.25) is 0 Å². The number of amides is 1. The quantitative estimate of drug-likeness (QED) is 0.284. The van der Waals surface area contributed by atoms with E-state index in [1.807, 2.05) is 59.3 Å². The number of hydrazone groups is 1. The average molecular weight is 437 g/mol. The van der Waals surface area contributed by atoms with Gasteiger partial charge in [0.25, 0.3) is 5.91 Å². The molecule has 5 rings (SSSR count). The maximum Gasteiger partial charge on any atom is 0.275 e. The standard InChI is InChI=1S/C27H20FN3O2/c28-23-11-5-2-8-19(23)16-31-17-20(21-9-4-6-12-24(21)31)15-29-30-27(33)26-22-10-3-1-7-18(22)13-14-25(26)32/h1-15,17,32H,16H2,(H,30,33). The molecule has 0 unspecified atom stereocenters. The highest BCUT2D eigenvalue weighted by atomic mass is 19.1. The van der Waals surface area contributed by atoms with E-state index >= 15 is 0 Å². The van der Waals surface area contributed by atoms with Crippen LogP contribution in [0.2, 0.25) is 0 Å². The van der Waals surface area contributed by atoms with Gasteiger partial charge in [-0.2, -0.15) is 5.10 Å². The Morgan fingerprint density at radius 2 is 1.67 bits per heavy atom. The summed E-state index contributed by atoms with van der Waals surface area (Å²) in [7, 11) is 0. The second-order valence-electron chi connectivity index (χ2n) is 7.70. The van der Waals surface area contributed by atoms with E-state index in [0.29, 0.717) is 17.5 Å². The van der Waals surface area contributed by atoms with Gasteiger partial charge in [0.05, 0.1) is 18.3 Å². The van der Waals surface area contributed by atoms with Gasteiger partial charge in [-0.1, -0.05) is 66.7 Å². The number of halogens is 1. The van der Waals surface area contributed by atoms with Gasteiger partial charge in [0, 0.05) is 28.2 Å². The van der Waals surface area contributed by atoms with Gasteiger partial charge >= 0.3 is 0 Å². The molecule has 0 bridgehead atoms. The van der Waals surface area contributed by atoms with Crippen LogP contribution >= 0.6 is 0 Å². The molecule has 5 aromatic rings. The van der Waals surface area contributed by atoms with Crippen LogP contribution in [0.1, 0.15) is 21.5 Å². The van der Waals surface area contributed by atoms with Gasteiger partial charge in [-0.15, -0.1) is 0 Å². The summed E-state index contributed by atoms with van der Waals surface area (Å²) in [5.74, 6) is -0.869. The lowest BCUT2D eigenvalue weighted by atomic mass is 10.0. The SMILES string of the molecule is O=C(NN=Cc1cn(Cc2ccccc2F)c2ccccc12)c1c(O)ccc2ccccc12. The van der Waals surface area contributed by atoms with E-state index in [9.17, 15) is 14.3 Å². The maximum absolute atomic E-state index is 14.2. The average Bonchev–Trinajstić information content (AvgIpc) is 3.18. The van der Waals surface area contributed by atoms with Crippen LogP contribution in [0.25, 0.3) is 21.7 Å².